The highest BCUT2D eigenvalue weighted by Gasteiger charge is 2.25. The molecule has 1 aliphatic heterocycles. The number of benzene rings is 2. The Bertz CT molecular complexity index is 974. The third kappa shape index (κ3) is 4.13. The van der Waals surface area contributed by atoms with Crippen LogP contribution < -0.4 is 10.1 Å². The topological polar surface area (TPSA) is 63.9 Å². The highest BCUT2D eigenvalue weighted by Crippen LogP contribution is 2.26. The second-order valence-electron chi connectivity index (χ2n) is 7.20. The molecule has 6 nitrogen and oxygen atoms in total. The van der Waals surface area contributed by atoms with Gasteiger partial charge in [0.05, 0.1) is 26.4 Å². The molecule has 0 aliphatic carbocycles. The Morgan fingerprint density at radius 1 is 1.14 bits per heavy atom. The number of nitrogens with zero attached hydrogens (tertiary/aromatic N) is 1. The van der Waals surface area contributed by atoms with Crippen LogP contribution in [0.4, 0.5) is 0 Å². The van der Waals surface area contributed by atoms with Crippen LogP contribution in [0.15, 0.2) is 52.9 Å². The first kappa shape index (κ1) is 19.5. The van der Waals surface area contributed by atoms with Crippen molar-refractivity contribution in [3.63, 3.8) is 0 Å². The van der Waals surface area contributed by atoms with E-state index < -0.39 is 0 Å². The van der Waals surface area contributed by atoms with Crippen molar-refractivity contribution in [2.75, 3.05) is 40.0 Å². The monoisotopic (exact) mass is 394 g/mol. The predicted octanol–water partition coefficient (Wildman–Crippen LogP) is 3.55. The predicted molar refractivity (Wildman–Crippen MR) is 111 cm³/mol. The van der Waals surface area contributed by atoms with E-state index in [0.29, 0.717) is 25.5 Å². The standard InChI is InChI=1S/C23H26N2O4/c1-16-19-5-3-4-6-21(19)29-22(16)23(26)24-15-20(25-11-13-28-14-12-25)17-7-9-18(27-2)10-8-17/h3-10,20H,11-15H2,1-2H3,(H,24,26)/t20-/m1/s1. The molecule has 0 saturated carbocycles. The van der Waals surface area contributed by atoms with Gasteiger partial charge in [-0.3, -0.25) is 9.69 Å². The number of carbonyl (C=O) groups excluding carboxylic acids is 1. The molecule has 4 rings (SSSR count). The van der Waals surface area contributed by atoms with Crippen LogP contribution in [0, 0.1) is 6.92 Å². The van der Waals surface area contributed by atoms with Gasteiger partial charge in [0.15, 0.2) is 5.76 Å². The van der Waals surface area contributed by atoms with E-state index in [0.717, 1.165) is 40.9 Å². The summed E-state index contributed by atoms with van der Waals surface area (Å²) in [7, 11) is 1.66. The molecule has 1 N–H and O–H groups in total. The van der Waals surface area contributed by atoms with E-state index in [-0.39, 0.29) is 11.9 Å². The first-order chi connectivity index (χ1) is 14.2. The third-order valence-electron chi connectivity index (χ3n) is 5.49. The van der Waals surface area contributed by atoms with Gasteiger partial charge in [-0.1, -0.05) is 30.3 Å². The van der Waals surface area contributed by atoms with Crippen molar-refractivity contribution in [2.45, 2.75) is 13.0 Å². The van der Waals surface area contributed by atoms with Crippen LogP contribution in [0.5, 0.6) is 5.75 Å². The summed E-state index contributed by atoms with van der Waals surface area (Å²) in [5.41, 5.74) is 2.73. The minimum atomic E-state index is -0.189. The summed E-state index contributed by atoms with van der Waals surface area (Å²) in [5, 5.41) is 4.05. The fourth-order valence-corrected chi connectivity index (χ4v) is 3.83. The van der Waals surface area contributed by atoms with Gasteiger partial charge in [0, 0.05) is 30.6 Å². The minimum absolute atomic E-state index is 0.0541. The first-order valence-electron chi connectivity index (χ1n) is 9.89. The second-order valence-corrected chi connectivity index (χ2v) is 7.20. The minimum Gasteiger partial charge on any atom is -0.497 e. The molecule has 0 bridgehead atoms. The molecule has 1 saturated heterocycles. The Labute approximate surface area is 170 Å². The number of methoxy groups -OCH3 is 1. The summed E-state index contributed by atoms with van der Waals surface area (Å²) < 4.78 is 16.6. The highest BCUT2D eigenvalue weighted by molar-refractivity contribution is 5.98. The molecule has 6 heteroatoms. The highest BCUT2D eigenvalue weighted by atomic mass is 16.5. The summed E-state index contributed by atoms with van der Waals surface area (Å²) in [6.45, 7) is 5.46. The molecule has 1 fully saturated rings. The third-order valence-corrected chi connectivity index (χ3v) is 5.49. The second kappa shape index (κ2) is 8.68. The number of amides is 1. The fraction of sp³-hybridized carbons (Fsp3) is 0.348. The number of morpholine rings is 1. The summed E-state index contributed by atoms with van der Waals surface area (Å²) >= 11 is 0. The summed E-state index contributed by atoms with van der Waals surface area (Å²) in [6, 6.07) is 15.8. The van der Waals surface area contributed by atoms with Gasteiger partial charge in [0.25, 0.3) is 5.91 Å². The van der Waals surface area contributed by atoms with Crippen molar-refractivity contribution in [1.29, 1.82) is 0 Å². The molecule has 2 aromatic carbocycles. The lowest BCUT2D eigenvalue weighted by molar-refractivity contribution is 0.0161. The van der Waals surface area contributed by atoms with E-state index in [2.05, 4.69) is 22.3 Å². The summed E-state index contributed by atoms with van der Waals surface area (Å²) in [6.07, 6.45) is 0. The largest absolute Gasteiger partial charge is 0.497 e. The van der Waals surface area contributed by atoms with Gasteiger partial charge in [-0.25, -0.2) is 0 Å². The molecular formula is C23H26N2O4. The van der Waals surface area contributed by atoms with Crippen molar-refractivity contribution in [3.8, 4) is 5.75 Å². The van der Waals surface area contributed by atoms with E-state index in [9.17, 15) is 4.79 Å². The zero-order valence-corrected chi connectivity index (χ0v) is 16.8. The van der Waals surface area contributed by atoms with Crippen molar-refractivity contribution in [2.24, 2.45) is 0 Å². The van der Waals surface area contributed by atoms with E-state index in [1.54, 1.807) is 7.11 Å². The maximum absolute atomic E-state index is 12.9. The molecule has 2 heterocycles. The van der Waals surface area contributed by atoms with Crippen LogP contribution >= 0.6 is 0 Å². The zero-order chi connectivity index (χ0) is 20.2. The summed E-state index contributed by atoms with van der Waals surface area (Å²) in [4.78, 5) is 15.2. The number of hydrogen-bond donors (Lipinski definition) is 1. The number of furan rings is 1. The van der Waals surface area contributed by atoms with Crippen LogP contribution in [0.2, 0.25) is 0 Å². The Balaban J connectivity index is 1.53. The molecule has 1 amide bonds. The Hall–Kier alpha value is -2.83. The van der Waals surface area contributed by atoms with Gasteiger partial charge >= 0.3 is 0 Å². The molecule has 1 aromatic heterocycles. The van der Waals surface area contributed by atoms with Crippen molar-refractivity contribution >= 4 is 16.9 Å². The van der Waals surface area contributed by atoms with Crippen molar-refractivity contribution < 1.29 is 18.7 Å². The Morgan fingerprint density at radius 3 is 2.55 bits per heavy atom. The number of rotatable bonds is 6. The quantitative estimate of drug-likeness (QED) is 0.693. The number of hydrogen-bond acceptors (Lipinski definition) is 5. The van der Waals surface area contributed by atoms with E-state index in [1.165, 1.54) is 0 Å². The number of fused-ring (bicyclic) bond motifs is 1. The first-order valence-corrected chi connectivity index (χ1v) is 9.89. The molecule has 0 radical (unpaired) electrons. The molecule has 0 unspecified atom stereocenters. The maximum atomic E-state index is 12.9. The van der Waals surface area contributed by atoms with Crippen molar-refractivity contribution in [1.82, 2.24) is 10.2 Å². The van der Waals surface area contributed by atoms with Crippen molar-refractivity contribution in [3.05, 3.63) is 65.4 Å². The number of carbonyl (C=O) groups is 1. The Morgan fingerprint density at radius 2 is 1.86 bits per heavy atom. The van der Waals surface area contributed by atoms with E-state index in [4.69, 9.17) is 13.9 Å². The fourth-order valence-electron chi connectivity index (χ4n) is 3.83. The van der Waals surface area contributed by atoms with Gasteiger partial charge in [-0.05, 0) is 30.7 Å². The number of ether oxygens (including phenoxy) is 2. The van der Waals surface area contributed by atoms with Crippen LogP contribution in [0.25, 0.3) is 11.0 Å². The van der Waals surface area contributed by atoms with Gasteiger partial charge < -0.3 is 19.2 Å². The Kier molecular flexibility index (Phi) is 5.83. The van der Waals surface area contributed by atoms with Crippen LogP contribution in [-0.4, -0.2) is 50.8 Å². The van der Waals surface area contributed by atoms with Gasteiger partial charge in [0.1, 0.15) is 11.3 Å². The van der Waals surface area contributed by atoms with Crippen LogP contribution in [0.1, 0.15) is 27.7 Å². The van der Waals surface area contributed by atoms with Gasteiger partial charge in [0.2, 0.25) is 0 Å². The van der Waals surface area contributed by atoms with Gasteiger partial charge in [-0.2, -0.15) is 0 Å². The van der Waals surface area contributed by atoms with Crippen LogP contribution in [0.3, 0.4) is 0 Å². The summed E-state index contributed by atoms with van der Waals surface area (Å²) in [5.74, 6) is 1.00. The van der Waals surface area contributed by atoms with E-state index >= 15 is 0 Å². The average Bonchev–Trinajstić information content (AvgIpc) is 3.12. The molecule has 152 valence electrons. The maximum Gasteiger partial charge on any atom is 0.287 e. The normalized spacial score (nSPS) is 15.9. The van der Waals surface area contributed by atoms with E-state index in [1.807, 2.05) is 43.3 Å². The smallest absolute Gasteiger partial charge is 0.287 e. The molecule has 1 aliphatic rings. The zero-order valence-electron chi connectivity index (χ0n) is 16.8. The molecule has 3 aromatic rings. The lowest BCUT2D eigenvalue weighted by atomic mass is 10.0. The van der Waals surface area contributed by atoms with Gasteiger partial charge in [-0.15, -0.1) is 0 Å². The number of nitrogens with one attached hydrogen (secondary N) is 1. The lowest BCUT2D eigenvalue weighted by Gasteiger charge is -2.35. The number of para-hydroxylation sites is 1. The molecule has 1 atom stereocenters. The lowest BCUT2D eigenvalue weighted by Crippen LogP contribution is -2.43. The number of aryl methyl sites for hydroxylation is 1. The molecule has 0 spiro atoms. The molecule has 29 heavy (non-hydrogen) atoms. The van der Waals surface area contributed by atoms with Crippen LogP contribution in [-0.2, 0) is 4.74 Å². The molecular weight excluding hydrogens is 368 g/mol. The SMILES string of the molecule is COc1ccc([C@@H](CNC(=O)c2oc3ccccc3c2C)N2CCOCC2)cc1. The average molecular weight is 394 g/mol.